The van der Waals surface area contributed by atoms with Crippen molar-refractivity contribution < 1.29 is 4.79 Å². The zero-order chi connectivity index (χ0) is 7.40. The van der Waals surface area contributed by atoms with Crippen LogP contribution in [0.1, 0.15) is 32.1 Å². The Balaban J connectivity index is 2.19. The second-order valence-corrected chi connectivity index (χ2v) is 2.84. The van der Waals surface area contributed by atoms with Gasteiger partial charge in [0.05, 0.1) is 6.92 Å². The molecule has 0 saturated heterocycles. The Hall–Kier alpha value is -0.530. The van der Waals surface area contributed by atoms with E-state index in [9.17, 15) is 4.79 Å². The normalized spacial score (nSPS) is 20.5. The van der Waals surface area contributed by atoms with E-state index in [4.69, 9.17) is 6.92 Å². The fourth-order valence-corrected chi connectivity index (χ4v) is 1.45. The quantitative estimate of drug-likeness (QED) is 0.580. The summed E-state index contributed by atoms with van der Waals surface area (Å²) >= 11 is 0. The zero-order valence-electron chi connectivity index (χ0n) is 6.10. The third kappa shape index (κ3) is 2.38. The third-order valence-corrected chi connectivity index (χ3v) is 1.95. The molecule has 0 heterocycles. The van der Waals surface area contributed by atoms with Crippen LogP contribution in [0.5, 0.6) is 0 Å². The molecule has 0 aromatic heterocycles. The molecule has 1 aliphatic carbocycles. The molecule has 1 N–H and O–H groups in total. The van der Waals surface area contributed by atoms with E-state index in [1.165, 1.54) is 19.3 Å². The number of carbonyl (C=O) groups is 1. The van der Waals surface area contributed by atoms with Gasteiger partial charge in [0.1, 0.15) is 0 Å². The maximum Gasteiger partial charge on any atom is 0.224 e. The molecule has 0 aromatic carbocycles. The van der Waals surface area contributed by atoms with E-state index in [2.05, 4.69) is 5.32 Å². The lowest BCUT2D eigenvalue weighted by Gasteiger charge is -2.21. The highest BCUT2D eigenvalue weighted by molar-refractivity contribution is 5.80. The van der Waals surface area contributed by atoms with Crippen LogP contribution in [0.2, 0.25) is 0 Å². The molecule has 0 bridgehead atoms. The van der Waals surface area contributed by atoms with Gasteiger partial charge in [-0.15, -0.1) is 0 Å². The van der Waals surface area contributed by atoms with Crippen LogP contribution in [0, 0.1) is 6.92 Å². The third-order valence-electron chi connectivity index (χ3n) is 1.95. The molecule has 2 radical (unpaired) electrons. The van der Waals surface area contributed by atoms with Gasteiger partial charge in [0.25, 0.3) is 0 Å². The van der Waals surface area contributed by atoms with Gasteiger partial charge >= 0.3 is 0 Å². The highest BCUT2D eigenvalue weighted by atomic mass is 16.1. The Morgan fingerprint density at radius 1 is 1.30 bits per heavy atom. The van der Waals surface area contributed by atoms with Gasteiger partial charge < -0.3 is 5.32 Å². The zero-order valence-corrected chi connectivity index (χ0v) is 6.10. The lowest BCUT2D eigenvalue weighted by Crippen LogP contribution is -2.34. The summed E-state index contributed by atoms with van der Waals surface area (Å²) in [6.07, 6.45) is 5.96. The lowest BCUT2D eigenvalue weighted by molar-refractivity contribution is -0.117. The molecular formula is C8H13NO. The monoisotopic (exact) mass is 139 g/mol. The predicted molar refractivity (Wildman–Crippen MR) is 39.3 cm³/mol. The van der Waals surface area contributed by atoms with E-state index in [0.717, 1.165) is 12.8 Å². The molecule has 1 rings (SSSR count). The van der Waals surface area contributed by atoms with Gasteiger partial charge in [0, 0.05) is 6.04 Å². The molecular weight excluding hydrogens is 126 g/mol. The van der Waals surface area contributed by atoms with Crippen LogP contribution in [0.3, 0.4) is 0 Å². The standard InChI is InChI=1S/C8H13NO/c1-7(10)9-8-5-3-2-4-6-8/h1,8H,2-6H2,(H,9,10). The van der Waals surface area contributed by atoms with E-state index < -0.39 is 0 Å². The van der Waals surface area contributed by atoms with Gasteiger partial charge in [-0.25, -0.2) is 0 Å². The van der Waals surface area contributed by atoms with Crippen molar-refractivity contribution >= 4 is 5.91 Å². The van der Waals surface area contributed by atoms with Gasteiger partial charge in [-0.2, -0.15) is 0 Å². The molecule has 0 spiro atoms. The highest BCUT2D eigenvalue weighted by Crippen LogP contribution is 2.16. The minimum absolute atomic E-state index is 0.353. The minimum atomic E-state index is -0.382. The van der Waals surface area contributed by atoms with E-state index in [1.54, 1.807) is 0 Å². The van der Waals surface area contributed by atoms with Gasteiger partial charge in [-0.05, 0) is 12.8 Å². The summed E-state index contributed by atoms with van der Waals surface area (Å²) in [5, 5.41) is 2.72. The van der Waals surface area contributed by atoms with Crippen LogP contribution in [-0.4, -0.2) is 11.9 Å². The number of carbonyl (C=O) groups excluding carboxylic acids is 1. The van der Waals surface area contributed by atoms with Crippen LogP contribution < -0.4 is 5.32 Å². The van der Waals surface area contributed by atoms with Gasteiger partial charge in [0.2, 0.25) is 5.91 Å². The number of hydrogen-bond acceptors (Lipinski definition) is 1. The molecule has 2 heteroatoms. The molecule has 1 amide bonds. The Morgan fingerprint density at radius 2 is 1.90 bits per heavy atom. The smallest absolute Gasteiger partial charge is 0.224 e. The van der Waals surface area contributed by atoms with Crippen LogP contribution in [-0.2, 0) is 4.79 Å². The Labute approximate surface area is 62.0 Å². The van der Waals surface area contributed by atoms with Gasteiger partial charge in [-0.3, -0.25) is 4.79 Å². The van der Waals surface area contributed by atoms with Crippen molar-refractivity contribution in [1.82, 2.24) is 5.32 Å². The number of rotatable bonds is 1. The molecule has 1 aliphatic rings. The number of amides is 1. The summed E-state index contributed by atoms with van der Waals surface area (Å²) in [7, 11) is 0. The summed E-state index contributed by atoms with van der Waals surface area (Å²) in [6.45, 7) is 4.97. The first-order valence-electron chi connectivity index (χ1n) is 3.85. The molecule has 0 aromatic rings. The molecule has 56 valence electrons. The van der Waals surface area contributed by atoms with E-state index in [0.29, 0.717) is 6.04 Å². The number of nitrogens with one attached hydrogen (secondary N) is 1. The SMILES string of the molecule is [CH]C(=O)NC1CCCCC1. The largest absolute Gasteiger partial charge is 0.353 e. The van der Waals surface area contributed by atoms with E-state index in [-0.39, 0.29) is 5.91 Å². The maximum atomic E-state index is 10.4. The molecule has 1 fully saturated rings. The minimum Gasteiger partial charge on any atom is -0.353 e. The second kappa shape index (κ2) is 3.59. The summed E-state index contributed by atoms with van der Waals surface area (Å²) in [6, 6.07) is 0.353. The van der Waals surface area contributed by atoms with Gasteiger partial charge in [0.15, 0.2) is 0 Å². The number of hydrogen-bond donors (Lipinski definition) is 1. The first kappa shape index (κ1) is 7.58. The molecule has 2 nitrogen and oxygen atoms in total. The topological polar surface area (TPSA) is 29.1 Å². The van der Waals surface area contributed by atoms with E-state index in [1.807, 2.05) is 0 Å². The van der Waals surface area contributed by atoms with Crippen molar-refractivity contribution in [3.63, 3.8) is 0 Å². The molecule has 0 unspecified atom stereocenters. The van der Waals surface area contributed by atoms with Crippen LogP contribution in [0.25, 0.3) is 0 Å². The molecule has 0 aliphatic heterocycles. The second-order valence-electron chi connectivity index (χ2n) is 2.84. The average Bonchev–Trinajstić information content (AvgIpc) is 1.88. The van der Waals surface area contributed by atoms with Crippen LogP contribution >= 0.6 is 0 Å². The highest BCUT2D eigenvalue weighted by Gasteiger charge is 2.12. The van der Waals surface area contributed by atoms with Crippen molar-refractivity contribution in [2.75, 3.05) is 0 Å². The van der Waals surface area contributed by atoms with Crippen molar-refractivity contribution in [1.29, 1.82) is 0 Å². The molecule has 0 atom stereocenters. The predicted octanol–water partition coefficient (Wildman–Crippen LogP) is 1.15. The fourth-order valence-electron chi connectivity index (χ4n) is 1.45. The maximum absolute atomic E-state index is 10.4. The lowest BCUT2D eigenvalue weighted by atomic mass is 9.95. The van der Waals surface area contributed by atoms with E-state index >= 15 is 0 Å². The van der Waals surface area contributed by atoms with Crippen molar-refractivity contribution in [2.24, 2.45) is 0 Å². The summed E-state index contributed by atoms with van der Waals surface area (Å²) in [5.41, 5.74) is 0. The summed E-state index contributed by atoms with van der Waals surface area (Å²) < 4.78 is 0. The Bertz CT molecular complexity index is 116. The Kier molecular flexibility index (Phi) is 2.72. The van der Waals surface area contributed by atoms with Crippen LogP contribution in [0.15, 0.2) is 0 Å². The Morgan fingerprint density at radius 3 is 2.40 bits per heavy atom. The summed E-state index contributed by atoms with van der Waals surface area (Å²) in [5.74, 6) is -0.382. The van der Waals surface area contributed by atoms with Crippen LogP contribution in [0.4, 0.5) is 0 Å². The average molecular weight is 139 g/mol. The van der Waals surface area contributed by atoms with Gasteiger partial charge in [-0.1, -0.05) is 19.3 Å². The molecule has 10 heavy (non-hydrogen) atoms. The van der Waals surface area contributed by atoms with Crippen molar-refractivity contribution in [3.8, 4) is 0 Å². The fraction of sp³-hybridized carbons (Fsp3) is 0.750. The van der Waals surface area contributed by atoms with Crippen molar-refractivity contribution in [2.45, 2.75) is 38.1 Å². The first-order chi connectivity index (χ1) is 4.79. The molecule has 1 saturated carbocycles. The summed E-state index contributed by atoms with van der Waals surface area (Å²) in [4.78, 5) is 10.4. The van der Waals surface area contributed by atoms with Crippen molar-refractivity contribution in [3.05, 3.63) is 6.92 Å². The first-order valence-corrected chi connectivity index (χ1v) is 3.85.